The lowest BCUT2D eigenvalue weighted by molar-refractivity contribution is -0.122. The van der Waals surface area contributed by atoms with Crippen LogP contribution in [0.15, 0.2) is 48.7 Å². The zero-order valence-electron chi connectivity index (χ0n) is 15.8. The Kier molecular flexibility index (Phi) is 12.9. The molecule has 1 aliphatic rings. The van der Waals surface area contributed by atoms with Gasteiger partial charge in [-0.2, -0.15) is 0 Å². The molecule has 0 spiro atoms. The number of benzene rings is 1. The highest BCUT2D eigenvalue weighted by Crippen LogP contribution is 2.15. The van der Waals surface area contributed by atoms with Crippen LogP contribution in [-0.2, 0) is 17.8 Å². The lowest BCUT2D eigenvalue weighted by Crippen LogP contribution is -2.44. The molecule has 0 saturated carbocycles. The summed E-state index contributed by atoms with van der Waals surface area (Å²) in [7, 11) is 0. The minimum Gasteiger partial charge on any atom is -0.399 e. The number of pyridine rings is 1. The number of halogens is 3. The van der Waals surface area contributed by atoms with Gasteiger partial charge in [-0.15, -0.1) is 37.2 Å². The molecule has 1 aliphatic heterocycles. The lowest BCUT2D eigenvalue weighted by atomic mass is 10.0. The average molecular weight is 448 g/mol. The Hall–Kier alpha value is -1.53. The number of likely N-dealkylation sites (tertiary alicyclic amines) is 1. The van der Waals surface area contributed by atoms with Crippen molar-refractivity contribution in [3.05, 3.63) is 59.9 Å². The molecular weight excluding hydrogens is 419 g/mol. The minimum absolute atomic E-state index is 0. The maximum Gasteiger partial charge on any atom is 0.220 e. The molecule has 156 valence electrons. The van der Waals surface area contributed by atoms with Gasteiger partial charge in [0.15, 0.2) is 0 Å². The van der Waals surface area contributed by atoms with E-state index in [-0.39, 0.29) is 49.2 Å². The number of nitrogens with zero attached hydrogens (tertiary/aromatic N) is 2. The standard InChI is InChI=1S/C20H26N4O.3ClH/c21-19-7-2-1-5-16(19)8-9-20(25)23-17-10-13-24(14-11-17)15-18-6-3-4-12-22-18;;;/h1-7,12,17H,8-11,13-15,21H2,(H,23,25);3*1H. The first-order valence-electron chi connectivity index (χ1n) is 8.96. The molecule has 1 fully saturated rings. The van der Waals surface area contributed by atoms with Crippen molar-refractivity contribution >= 4 is 48.8 Å². The number of anilines is 1. The number of aromatic nitrogens is 1. The molecular formula is C20H29Cl3N4O. The van der Waals surface area contributed by atoms with E-state index in [1.54, 1.807) is 0 Å². The first-order chi connectivity index (χ1) is 12.2. The number of rotatable bonds is 6. The van der Waals surface area contributed by atoms with Crippen LogP contribution in [0.1, 0.15) is 30.5 Å². The SMILES string of the molecule is Cl.Cl.Cl.Nc1ccccc1CCC(=O)NC1CCN(Cc2ccccn2)CC1. The third-order valence-corrected chi connectivity index (χ3v) is 4.74. The molecule has 1 aromatic carbocycles. The summed E-state index contributed by atoms with van der Waals surface area (Å²) in [6.07, 6.45) is 5.00. The van der Waals surface area contributed by atoms with Crippen LogP contribution in [0.4, 0.5) is 5.69 Å². The van der Waals surface area contributed by atoms with Crippen LogP contribution < -0.4 is 11.1 Å². The van der Waals surface area contributed by atoms with E-state index in [4.69, 9.17) is 5.73 Å². The third-order valence-electron chi connectivity index (χ3n) is 4.74. The molecule has 3 N–H and O–H groups in total. The van der Waals surface area contributed by atoms with E-state index in [1.165, 1.54) is 0 Å². The summed E-state index contributed by atoms with van der Waals surface area (Å²) in [4.78, 5) is 19.0. The number of hydrogen-bond acceptors (Lipinski definition) is 4. The van der Waals surface area contributed by atoms with Crippen molar-refractivity contribution < 1.29 is 4.79 Å². The van der Waals surface area contributed by atoms with Crippen LogP contribution in [0.25, 0.3) is 0 Å². The van der Waals surface area contributed by atoms with Gasteiger partial charge >= 0.3 is 0 Å². The van der Waals surface area contributed by atoms with Gasteiger partial charge in [0.05, 0.1) is 5.69 Å². The van der Waals surface area contributed by atoms with Crippen molar-refractivity contribution in [2.24, 2.45) is 0 Å². The van der Waals surface area contributed by atoms with E-state index in [1.807, 2.05) is 42.6 Å². The second kappa shape index (κ2) is 13.6. The third kappa shape index (κ3) is 8.23. The maximum absolute atomic E-state index is 12.2. The highest BCUT2D eigenvalue weighted by molar-refractivity contribution is 5.86. The van der Waals surface area contributed by atoms with E-state index in [9.17, 15) is 4.79 Å². The first-order valence-corrected chi connectivity index (χ1v) is 8.96. The quantitative estimate of drug-likeness (QED) is 0.663. The maximum atomic E-state index is 12.2. The monoisotopic (exact) mass is 446 g/mol. The number of carbonyl (C=O) groups is 1. The molecule has 0 atom stereocenters. The number of nitrogen functional groups attached to an aromatic ring is 1. The normalized spacial score (nSPS) is 14.1. The summed E-state index contributed by atoms with van der Waals surface area (Å²) in [6, 6.07) is 14.0. The van der Waals surface area contributed by atoms with Gasteiger partial charge in [0.2, 0.25) is 5.91 Å². The Morgan fingerprint density at radius 1 is 1.07 bits per heavy atom. The molecule has 1 aromatic heterocycles. The van der Waals surface area contributed by atoms with Crippen molar-refractivity contribution in [1.29, 1.82) is 0 Å². The fourth-order valence-corrected chi connectivity index (χ4v) is 3.27. The number of nitrogens with two attached hydrogens (primary N) is 1. The molecule has 1 amide bonds. The average Bonchev–Trinajstić information content (AvgIpc) is 2.64. The predicted octanol–water partition coefficient (Wildman–Crippen LogP) is 3.64. The first kappa shape index (κ1) is 26.5. The van der Waals surface area contributed by atoms with E-state index < -0.39 is 0 Å². The van der Waals surface area contributed by atoms with Gasteiger partial charge < -0.3 is 11.1 Å². The lowest BCUT2D eigenvalue weighted by Gasteiger charge is -2.32. The van der Waals surface area contributed by atoms with Gasteiger partial charge in [-0.05, 0) is 43.0 Å². The van der Waals surface area contributed by atoms with Crippen LogP contribution in [-0.4, -0.2) is 34.9 Å². The number of piperidine rings is 1. The minimum atomic E-state index is 0. The Morgan fingerprint density at radius 2 is 1.75 bits per heavy atom. The van der Waals surface area contributed by atoms with Crippen molar-refractivity contribution in [2.45, 2.75) is 38.3 Å². The van der Waals surface area contributed by atoms with Crippen molar-refractivity contribution in [3.63, 3.8) is 0 Å². The van der Waals surface area contributed by atoms with Gasteiger partial charge in [0.25, 0.3) is 0 Å². The van der Waals surface area contributed by atoms with E-state index in [2.05, 4.69) is 21.3 Å². The summed E-state index contributed by atoms with van der Waals surface area (Å²) < 4.78 is 0. The fourth-order valence-electron chi connectivity index (χ4n) is 3.27. The number of aryl methyl sites for hydroxylation is 1. The van der Waals surface area contributed by atoms with Crippen LogP contribution >= 0.6 is 37.2 Å². The number of nitrogens with one attached hydrogen (secondary N) is 1. The second-order valence-electron chi connectivity index (χ2n) is 6.64. The Balaban J connectivity index is 0.00000243. The van der Waals surface area contributed by atoms with E-state index >= 15 is 0 Å². The van der Waals surface area contributed by atoms with Crippen LogP contribution in [0.2, 0.25) is 0 Å². The molecule has 3 rings (SSSR count). The summed E-state index contributed by atoms with van der Waals surface area (Å²) in [5.74, 6) is 0.117. The van der Waals surface area contributed by atoms with Gasteiger partial charge in [-0.3, -0.25) is 14.7 Å². The highest BCUT2D eigenvalue weighted by Gasteiger charge is 2.20. The van der Waals surface area contributed by atoms with E-state index in [0.29, 0.717) is 12.8 Å². The molecule has 0 unspecified atom stereocenters. The molecule has 28 heavy (non-hydrogen) atoms. The molecule has 1 saturated heterocycles. The van der Waals surface area contributed by atoms with Crippen LogP contribution in [0.5, 0.6) is 0 Å². The zero-order chi connectivity index (χ0) is 17.5. The zero-order valence-corrected chi connectivity index (χ0v) is 18.2. The summed E-state index contributed by atoms with van der Waals surface area (Å²) in [5, 5.41) is 3.17. The summed E-state index contributed by atoms with van der Waals surface area (Å²) in [6.45, 7) is 2.87. The number of amides is 1. The van der Waals surface area contributed by atoms with Gasteiger partial charge in [-0.1, -0.05) is 24.3 Å². The molecule has 8 heteroatoms. The Labute approximate surface area is 185 Å². The largest absolute Gasteiger partial charge is 0.399 e. The van der Waals surface area contributed by atoms with Crippen LogP contribution in [0, 0.1) is 0 Å². The Morgan fingerprint density at radius 3 is 2.39 bits per heavy atom. The number of hydrogen-bond donors (Lipinski definition) is 2. The summed E-state index contributed by atoms with van der Waals surface area (Å²) >= 11 is 0. The van der Waals surface area contributed by atoms with Crippen LogP contribution in [0.3, 0.4) is 0 Å². The molecule has 5 nitrogen and oxygen atoms in total. The molecule has 2 aromatic rings. The topological polar surface area (TPSA) is 71.2 Å². The van der Waals surface area contributed by atoms with E-state index in [0.717, 1.165) is 49.4 Å². The number of para-hydroxylation sites is 1. The number of carbonyl (C=O) groups excluding carboxylic acids is 1. The highest BCUT2D eigenvalue weighted by atomic mass is 35.5. The smallest absolute Gasteiger partial charge is 0.220 e. The molecule has 0 bridgehead atoms. The molecule has 2 heterocycles. The summed E-state index contributed by atoms with van der Waals surface area (Å²) in [5.41, 5.74) is 8.84. The van der Waals surface area contributed by atoms with Crippen molar-refractivity contribution in [3.8, 4) is 0 Å². The van der Waals surface area contributed by atoms with Crippen molar-refractivity contribution in [2.75, 3.05) is 18.8 Å². The van der Waals surface area contributed by atoms with Gasteiger partial charge in [-0.25, -0.2) is 0 Å². The van der Waals surface area contributed by atoms with Crippen molar-refractivity contribution in [1.82, 2.24) is 15.2 Å². The molecule has 0 aliphatic carbocycles. The van der Waals surface area contributed by atoms with Gasteiger partial charge in [0, 0.05) is 44.0 Å². The Bertz CT molecular complexity index is 695. The second-order valence-corrected chi connectivity index (χ2v) is 6.64. The molecule has 0 radical (unpaired) electrons. The fraction of sp³-hybridized carbons (Fsp3) is 0.400. The predicted molar refractivity (Wildman–Crippen MR) is 122 cm³/mol. The van der Waals surface area contributed by atoms with Gasteiger partial charge in [0.1, 0.15) is 0 Å².